The van der Waals surface area contributed by atoms with Crippen molar-refractivity contribution in [3.63, 3.8) is 0 Å². The van der Waals surface area contributed by atoms with Crippen LogP contribution >= 0.6 is 12.2 Å². The van der Waals surface area contributed by atoms with Crippen LogP contribution in [0.15, 0.2) is 15.3 Å². The second-order valence-electron chi connectivity index (χ2n) is 4.70. The van der Waals surface area contributed by atoms with Crippen molar-refractivity contribution in [1.82, 2.24) is 14.8 Å². The number of hydrogen-bond acceptors (Lipinski definition) is 4. The molecule has 1 N–H and O–H groups in total. The SMILES string of the molecule is CCn1c2c(cc(-c3n[nH]c(=S)o3)c1=O)CCCC2. The number of aromatic amines is 1. The maximum atomic E-state index is 12.5. The topological polar surface area (TPSA) is 63.8 Å². The Labute approximate surface area is 115 Å². The zero-order valence-corrected chi connectivity index (χ0v) is 11.5. The van der Waals surface area contributed by atoms with E-state index in [0.29, 0.717) is 12.1 Å². The average molecular weight is 277 g/mol. The number of pyridine rings is 1. The van der Waals surface area contributed by atoms with Crippen LogP contribution < -0.4 is 5.56 Å². The molecule has 19 heavy (non-hydrogen) atoms. The van der Waals surface area contributed by atoms with Crippen LogP contribution in [0.1, 0.15) is 31.0 Å². The van der Waals surface area contributed by atoms with Gasteiger partial charge in [0.1, 0.15) is 5.56 Å². The Kier molecular flexibility index (Phi) is 3.10. The molecule has 0 saturated carbocycles. The highest BCUT2D eigenvalue weighted by molar-refractivity contribution is 7.71. The number of hydrogen-bond donors (Lipinski definition) is 1. The second-order valence-corrected chi connectivity index (χ2v) is 5.08. The lowest BCUT2D eigenvalue weighted by Crippen LogP contribution is -2.27. The van der Waals surface area contributed by atoms with Gasteiger partial charge in [0.15, 0.2) is 0 Å². The Hall–Kier alpha value is -1.69. The summed E-state index contributed by atoms with van der Waals surface area (Å²) in [6, 6.07) is 1.91. The first-order chi connectivity index (χ1) is 9.20. The number of nitrogens with zero attached hydrogens (tertiary/aromatic N) is 2. The van der Waals surface area contributed by atoms with E-state index in [9.17, 15) is 4.79 Å². The summed E-state index contributed by atoms with van der Waals surface area (Å²) in [5.41, 5.74) is 2.84. The zero-order chi connectivity index (χ0) is 13.4. The lowest BCUT2D eigenvalue weighted by atomic mass is 9.94. The number of H-pyrrole nitrogens is 1. The van der Waals surface area contributed by atoms with Crippen molar-refractivity contribution in [3.8, 4) is 11.5 Å². The van der Waals surface area contributed by atoms with E-state index in [-0.39, 0.29) is 16.3 Å². The molecule has 5 nitrogen and oxygen atoms in total. The van der Waals surface area contributed by atoms with Crippen LogP contribution in [-0.4, -0.2) is 14.8 Å². The van der Waals surface area contributed by atoms with Crippen molar-refractivity contribution in [2.45, 2.75) is 39.2 Å². The summed E-state index contributed by atoms with van der Waals surface area (Å²) < 4.78 is 7.11. The Morgan fingerprint density at radius 1 is 1.47 bits per heavy atom. The maximum Gasteiger partial charge on any atom is 0.284 e. The van der Waals surface area contributed by atoms with Gasteiger partial charge in [0, 0.05) is 12.2 Å². The monoisotopic (exact) mass is 277 g/mol. The molecule has 0 atom stereocenters. The Balaban J connectivity index is 2.26. The Morgan fingerprint density at radius 2 is 2.26 bits per heavy atom. The normalized spacial score (nSPS) is 14.4. The van der Waals surface area contributed by atoms with E-state index in [1.165, 1.54) is 12.0 Å². The van der Waals surface area contributed by atoms with Crippen molar-refractivity contribution < 1.29 is 4.42 Å². The summed E-state index contributed by atoms with van der Waals surface area (Å²) in [6.45, 7) is 2.65. The van der Waals surface area contributed by atoms with Gasteiger partial charge < -0.3 is 8.98 Å². The average Bonchev–Trinajstić information content (AvgIpc) is 2.84. The summed E-state index contributed by atoms with van der Waals surface area (Å²) >= 11 is 4.86. The van der Waals surface area contributed by atoms with Gasteiger partial charge in [-0.15, -0.1) is 5.10 Å². The van der Waals surface area contributed by atoms with Gasteiger partial charge in [0.05, 0.1) is 0 Å². The summed E-state index contributed by atoms with van der Waals surface area (Å²) in [7, 11) is 0. The number of rotatable bonds is 2. The molecule has 0 aliphatic heterocycles. The fourth-order valence-corrected chi connectivity index (χ4v) is 2.84. The standard InChI is InChI=1S/C13H15N3O2S/c1-2-16-10-6-4-3-5-8(10)7-9(12(16)17)11-14-15-13(19)18-11/h7H,2-6H2,1H3,(H,15,19). The minimum absolute atomic E-state index is 0.0478. The fourth-order valence-electron chi connectivity index (χ4n) is 2.71. The molecule has 0 spiro atoms. The minimum Gasteiger partial charge on any atom is -0.409 e. The molecular weight excluding hydrogens is 262 g/mol. The van der Waals surface area contributed by atoms with E-state index in [2.05, 4.69) is 10.2 Å². The van der Waals surface area contributed by atoms with Crippen molar-refractivity contribution in [2.75, 3.05) is 0 Å². The number of aryl methyl sites for hydroxylation is 1. The number of nitrogens with one attached hydrogen (secondary N) is 1. The first-order valence-corrected chi connectivity index (χ1v) is 6.93. The van der Waals surface area contributed by atoms with Crippen LogP contribution in [0.2, 0.25) is 0 Å². The van der Waals surface area contributed by atoms with Gasteiger partial charge in [0.25, 0.3) is 16.3 Å². The molecule has 100 valence electrons. The third-order valence-electron chi connectivity index (χ3n) is 3.59. The quantitative estimate of drug-likeness (QED) is 0.856. The molecule has 0 unspecified atom stereocenters. The smallest absolute Gasteiger partial charge is 0.284 e. The fraction of sp³-hybridized carbons (Fsp3) is 0.462. The lowest BCUT2D eigenvalue weighted by molar-refractivity contribution is 0.546. The van der Waals surface area contributed by atoms with Gasteiger partial charge in [-0.05, 0) is 56.5 Å². The molecular formula is C13H15N3O2S. The lowest BCUT2D eigenvalue weighted by Gasteiger charge is -2.21. The number of fused-ring (bicyclic) bond motifs is 1. The highest BCUT2D eigenvalue weighted by atomic mass is 32.1. The van der Waals surface area contributed by atoms with Gasteiger partial charge in [0.2, 0.25) is 0 Å². The van der Waals surface area contributed by atoms with Crippen LogP contribution in [0.4, 0.5) is 0 Å². The van der Waals surface area contributed by atoms with Crippen LogP contribution in [0.5, 0.6) is 0 Å². The van der Waals surface area contributed by atoms with E-state index >= 15 is 0 Å². The van der Waals surface area contributed by atoms with Crippen molar-refractivity contribution in [2.24, 2.45) is 0 Å². The van der Waals surface area contributed by atoms with E-state index < -0.39 is 0 Å². The van der Waals surface area contributed by atoms with Crippen molar-refractivity contribution in [1.29, 1.82) is 0 Å². The molecule has 2 aromatic rings. The molecule has 2 heterocycles. The third kappa shape index (κ3) is 2.06. The van der Waals surface area contributed by atoms with Crippen LogP contribution in [-0.2, 0) is 19.4 Å². The predicted molar refractivity (Wildman–Crippen MR) is 73.7 cm³/mol. The van der Waals surface area contributed by atoms with Gasteiger partial charge in [-0.2, -0.15) is 0 Å². The molecule has 1 aliphatic carbocycles. The van der Waals surface area contributed by atoms with E-state index in [1.807, 2.05) is 17.6 Å². The molecule has 3 rings (SSSR count). The van der Waals surface area contributed by atoms with Gasteiger partial charge >= 0.3 is 0 Å². The molecule has 0 amide bonds. The summed E-state index contributed by atoms with van der Waals surface area (Å²) in [6.07, 6.45) is 4.30. The second kappa shape index (κ2) is 4.77. The highest BCUT2D eigenvalue weighted by Crippen LogP contribution is 2.24. The maximum absolute atomic E-state index is 12.5. The molecule has 6 heteroatoms. The Bertz CT molecular complexity index is 726. The minimum atomic E-state index is -0.0478. The molecule has 0 radical (unpaired) electrons. The van der Waals surface area contributed by atoms with E-state index in [0.717, 1.165) is 25.0 Å². The predicted octanol–water partition coefficient (Wildman–Crippen LogP) is 2.46. The largest absolute Gasteiger partial charge is 0.409 e. The zero-order valence-electron chi connectivity index (χ0n) is 10.7. The molecule has 0 aromatic carbocycles. The van der Waals surface area contributed by atoms with Gasteiger partial charge in [-0.1, -0.05) is 0 Å². The van der Waals surface area contributed by atoms with Crippen LogP contribution in [0, 0.1) is 4.84 Å². The van der Waals surface area contributed by atoms with Gasteiger partial charge in [-0.3, -0.25) is 4.79 Å². The van der Waals surface area contributed by atoms with Crippen molar-refractivity contribution >= 4 is 12.2 Å². The first kappa shape index (κ1) is 12.3. The molecule has 1 aliphatic rings. The Morgan fingerprint density at radius 3 is 2.95 bits per heavy atom. The summed E-state index contributed by atoms with van der Waals surface area (Å²) in [5.74, 6) is 0.283. The summed E-state index contributed by atoms with van der Waals surface area (Å²) in [4.78, 5) is 12.7. The third-order valence-corrected chi connectivity index (χ3v) is 3.76. The first-order valence-electron chi connectivity index (χ1n) is 6.52. The van der Waals surface area contributed by atoms with Crippen LogP contribution in [0.25, 0.3) is 11.5 Å². The summed E-state index contributed by atoms with van der Waals surface area (Å²) in [5, 5.41) is 6.52. The van der Waals surface area contributed by atoms with Gasteiger partial charge in [-0.25, -0.2) is 5.10 Å². The van der Waals surface area contributed by atoms with Crippen LogP contribution in [0.3, 0.4) is 0 Å². The molecule has 0 fully saturated rings. The van der Waals surface area contributed by atoms with E-state index in [4.69, 9.17) is 16.6 Å². The molecule has 2 aromatic heterocycles. The highest BCUT2D eigenvalue weighted by Gasteiger charge is 2.19. The van der Waals surface area contributed by atoms with Crippen molar-refractivity contribution in [3.05, 3.63) is 32.5 Å². The van der Waals surface area contributed by atoms with E-state index in [1.54, 1.807) is 0 Å². The molecule has 0 bridgehead atoms. The molecule has 0 saturated heterocycles. The number of aromatic nitrogens is 3.